The van der Waals surface area contributed by atoms with Crippen LogP contribution in [0.25, 0.3) is 23.0 Å². The fourth-order valence-electron chi connectivity index (χ4n) is 2.07. The summed E-state index contributed by atoms with van der Waals surface area (Å²) >= 11 is 0. The van der Waals surface area contributed by atoms with Crippen LogP contribution in [0.3, 0.4) is 0 Å². The zero-order chi connectivity index (χ0) is 17.1. The van der Waals surface area contributed by atoms with Crippen LogP contribution in [0.5, 0.6) is 0 Å². The number of aryl methyl sites for hydroxylation is 1. The Morgan fingerprint density at radius 3 is 2.58 bits per heavy atom. The maximum absolute atomic E-state index is 13.7. The minimum atomic E-state index is -0.777. The van der Waals surface area contributed by atoms with E-state index in [4.69, 9.17) is 4.52 Å². The van der Waals surface area contributed by atoms with E-state index in [1.165, 1.54) is 12.1 Å². The Morgan fingerprint density at radius 2 is 1.92 bits per heavy atom. The number of benzene rings is 2. The van der Waals surface area contributed by atoms with E-state index in [1.807, 2.05) is 37.3 Å². The van der Waals surface area contributed by atoms with Crippen molar-refractivity contribution >= 4 is 11.6 Å². The van der Waals surface area contributed by atoms with E-state index in [9.17, 15) is 14.0 Å². The fourth-order valence-corrected chi connectivity index (χ4v) is 2.07. The van der Waals surface area contributed by atoms with E-state index in [-0.39, 0.29) is 17.0 Å². The van der Waals surface area contributed by atoms with Gasteiger partial charge in [-0.3, -0.25) is 0 Å². The van der Waals surface area contributed by atoms with Gasteiger partial charge in [-0.1, -0.05) is 35.0 Å². The molecule has 0 fully saturated rings. The number of halogens is 2. The minimum absolute atomic E-state index is 0.00799. The van der Waals surface area contributed by atoms with E-state index in [0.29, 0.717) is 5.82 Å². The lowest BCUT2D eigenvalue weighted by Crippen LogP contribution is -1.87. The zero-order valence-corrected chi connectivity index (χ0v) is 12.6. The molecule has 0 radical (unpaired) electrons. The van der Waals surface area contributed by atoms with Crippen molar-refractivity contribution in [2.75, 3.05) is 0 Å². The lowest BCUT2D eigenvalue weighted by Gasteiger charge is -1.97. The van der Waals surface area contributed by atoms with Gasteiger partial charge in [-0.15, -0.1) is 0 Å². The van der Waals surface area contributed by atoms with Crippen LogP contribution in [0, 0.1) is 29.9 Å². The van der Waals surface area contributed by atoms with Crippen molar-refractivity contribution in [2.24, 2.45) is 0 Å². The highest BCUT2D eigenvalue weighted by atomic mass is 19.1. The molecule has 2 aromatic carbocycles. The summed E-state index contributed by atoms with van der Waals surface area (Å²) < 4.78 is 31.7. The molecule has 0 aliphatic heterocycles. The SMILES string of the molecule is Cc1ccc(-c2noc(/C(C#N)=C/c3ccc(F)cc3F)n2)cc1. The molecule has 0 saturated carbocycles. The number of rotatable bonds is 3. The highest BCUT2D eigenvalue weighted by Gasteiger charge is 2.14. The van der Waals surface area contributed by atoms with Crippen LogP contribution >= 0.6 is 0 Å². The van der Waals surface area contributed by atoms with Crippen molar-refractivity contribution in [2.45, 2.75) is 6.92 Å². The van der Waals surface area contributed by atoms with Gasteiger partial charge in [0, 0.05) is 17.2 Å². The Balaban J connectivity index is 1.96. The number of nitrogens with zero attached hydrogens (tertiary/aromatic N) is 3. The predicted octanol–water partition coefficient (Wildman–Crippen LogP) is 4.39. The second-order valence-electron chi connectivity index (χ2n) is 5.12. The van der Waals surface area contributed by atoms with Gasteiger partial charge < -0.3 is 4.52 Å². The molecule has 0 spiro atoms. The Labute approximate surface area is 136 Å². The van der Waals surface area contributed by atoms with E-state index in [2.05, 4.69) is 10.1 Å². The standard InChI is InChI=1S/C18H11F2N3O/c1-11-2-4-12(5-3-11)17-22-18(24-23-17)14(10-21)8-13-6-7-15(19)9-16(13)20/h2-9H,1H3/b14-8+. The summed E-state index contributed by atoms with van der Waals surface area (Å²) in [5, 5.41) is 13.1. The first kappa shape index (κ1) is 15.6. The van der Waals surface area contributed by atoms with Crippen LogP contribution in [-0.2, 0) is 0 Å². The Bertz CT molecular complexity index is 953. The summed E-state index contributed by atoms with van der Waals surface area (Å²) in [5.41, 5.74) is 1.88. The largest absolute Gasteiger partial charge is 0.333 e. The number of nitriles is 1. The van der Waals surface area contributed by atoms with Gasteiger partial charge in [-0.25, -0.2) is 8.78 Å². The van der Waals surface area contributed by atoms with Crippen LogP contribution in [0.4, 0.5) is 8.78 Å². The second kappa shape index (κ2) is 6.42. The molecule has 0 bridgehead atoms. The number of hydrogen-bond acceptors (Lipinski definition) is 4. The molecule has 1 aromatic heterocycles. The van der Waals surface area contributed by atoms with Crippen molar-refractivity contribution in [3.63, 3.8) is 0 Å². The molecule has 118 valence electrons. The molecule has 0 aliphatic rings. The molecule has 3 rings (SSSR count). The first-order valence-corrected chi connectivity index (χ1v) is 7.05. The van der Waals surface area contributed by atoms with Crippen LogP contribution in [0.2, 0.25) is 0 Å². The first-order valence-electron chi connectivity index (χ1n) is 7.05. The van der Waals surface area contributed by atoms with E-state index < -0.39 is 11.6 Å². The highest BCUT2D eigenvalue weighted by Crippen LogP contribution is 2.22. The van der Waals surface area contributed by atoms with Crippen LogP contribution < -0.4 is 0 Å². The van der Waals surface area contributed by atoms with Gasteiger partial charge in [0.25, 0.3) is 5.89 Å². The first-order chi connectivity index (χ1) is 11.6. The third kappa shape index (κ3) is 3.20. The fraction of sp³-hybridized carbons (Fsp3) is 0.0556. The predicted molar refractivity (Wildman–Crippen MR) is 84.3 cm³/mol. The van der Waals surface area contributed by atoms with Crippen molar-refractivity contribution in [3.8, 4) is 17.5 Å². The third-order valence-corrected chi connectivity index (χ3v) is 3.35. The van der Waals surface area contributed by atoms with Gasteiger partial charge in [-0.2, -0.15) is 10.2 Å². The zero-order valence-electron chi connectivity index (χ0n) is 12.6. The highest BCUT2D eigenvalue weighted by molar-refractivity contribution is 5.86. The molecule has 3 aromatic rings. The molecule has 24 heavy (non-hydrogen) atoms. The van der Waals surface area contributed by atoms with Crippen LogP contribution in [0.1, 0.15) is 17.0 Å². The summed E-state index contributed by atoms with van der Waals surface area (Å²) in [6.45, 7) is 1.96. The van der Waals surface area contributed by atoms with Crippen molar-refractivity contribution in [3.05, 3.63) is 71.1 Å². The van der Waals surface area contributed by atoms with Crippen molar-refractivity contribution in [1.82, 2.24) is 10.1 Å². The molecule has 0 N–H and O–H groups in total. The van der Waals surface area contributed by atoms with Gasteiger partial charge in [0.15, 0.2) is 0 Å². The van der Waals surface area contributed by atoms with Gasteiger partial charge in [0.2, 0.25) is 5.82 Å². The van der Waals surface area contributed by atoms with Crippen LogP contribution in [-0.4, -0.2) is 10.1 Å². The molecule has 0 atom stereocenters. The van der Waals surface area contributed by atoms with E-state index in [0.717, 1.165) is 23.3 Å². The Kier molecular flexibility index (Phi) is 4.17. The Hall–Kier alpha value is -3.33. The smallest absolute Gasteiger partial charge is 0.268 e. The third-order valence-electron chi connectivity index (χ3n) is 3.35. The summed E-state index contributed by atoms with van der Waals surface area (Å²) in [5.74, 6) is -1.17. The van der Waals surface area contributed by atoms with Gasteiger partial charge in [0.05, 0.1) is 0 Å². The molecule has 1 heterocycles. The molecular weight excluding hydrogens is 312 g/mol. The second-order valence-corrected chi connectivity index (χ2v) is 5.12. The lowest BCUT2D eigenvalue weighted by molar-refractivity contribution is 0.409. The minimum Gasteiger partial charge on any atom is -0.333 e. The topological polar surface area (TPSA) is 62.7 Å². The number of hydrogen-bond donors (Lipinski definition) is 0. The summed E-state index contributed by atoms with van der Waals surface area (Å²) in [6.07, 6.45) is 1.24. The summed E-state index contributed by atoms with van der Waals surface area (Å²) in [7, 11) is 0. The van der Waals surface area contributed by atoms with E-state index in [1.54, 1.807) is 0 Å². The number of allylic oxidation sites excluding steroid dienone is 1. The molecule has 0 saturated heterocycles. The average molecular weight is 323 g/mol. The molecule has 0 unspecified atom stereocenters. The average Bonchev–Trinajstić information content (AvgIpc) is 3.05. The monoisotopic (exact) mass is 323 g/mol. The molecular formula is C18H11F2N3O. The number of aromatic nitrogens is 2. The maximum atomic E-state index is 13.7. The molecule has 0 aliphatic carbocycles. The van der Waals surface area contributed by atoms with Crippen molar-refractivity contribution in [1.29, 1.82) is 5.26 Å². The maximum Gasteiger partial charge on any atom is 0.268 e. The van der Waals surface area contributed by atoms with Gasteiger partial charge in [-0.05, 0) is 25.1 Å². The van der Waals surface area contributed by atoms with Crippen LogP contribution in [0.15, 0.2) is 47.0 Å². The normalized spacial score (nSPS) is 11.3. The molecule has 0 amide bonds. The quantitative estimate of drug-likeness (QED) is 0.671. The van der Waals surface area contributed by atoms with Crippen molar-refractivity contribution < 1.29 is 13.3 Å². The summed E-state index contributed by atoms with van der Waals surface area (Å²) in [6, 6.07) is 12.4. The Morgan fingerprint density at radius 1 is 1.17 bits per heavy atom. The van der Waals surface area contributed by atoms with Gasteiger partial charge in [0.1, 0.15) is 23.3 Å². The summed E-state index contributed by atoms with van der Waals surface area (Å²) in [4.78, 5) is 4.16. The molecule has 4 nitrogen and oxygen atoms in total. The molecule has 6 heteroatoms. The lowest BCUT2D eigenvalue weighted by atomic mass is 10.1. The van der Waals surface area contributed by atoms with Gasteiger partial charge >= 0.3 is 0 Å². The van der Waals surface area contributed by atoms with E-state index >= 15 is 0 Å².